The van der Waals surface area contributed by atoms with Gasteiger partial charge in [-0.2, -0.15) is 0 Å². The molecule has 0 saturated heterocycles. The van der Waals surface area contributed by atoms with Gasteiger partial charge in [-0.1, -0.05) is 42.5 Å². The number of carbonyl (C=O) groups excluding carboxylic acids is 2. The molecule has 5 rings (SSSR count). The summed E-state index contributed by atoms with van der Waals surface area (Å²) in [6, 6.07) is 15.5. The van der Waals surface area contributed by atoms with Crippen LogP contribution < -0.4 is 0 Å². The Morgan fingerprint density at radius 3 is 2.38 bits per heavy atom. The summed E-state index contributed by atoms with van der Waals surface area (Å²) in [5.74, 6) is -2.30. The Balaban J connectivity index is 1.79. The van der Waals surface area contributed by atoms with Crippen molar-refractivity contribution in [3.8, 4) is 0 Å². The Bertz CT molecular complexity index is 1340. The van der Waals surface area contributed by atoms with E-state index >= 15 is 0 Å². The van der Waals surface area contributed by atoms with E-state index in [1.807, 2.05) is 42.5 Å². The first kappa shape index (κ1) is 17.2. The first-order valence-corrected chi connectivity index (χ1v) is 9.11. The zero-order valence-electron chi connectivity index (χ0n) is 15.1. The van der Waals surface area contributed by atoms with Crippen LogP contribution in [0.4, 0.5) is 0 Å². The number of Topliss-reactive ketones (excluding diaryl/α,β-unsaturated/α-hetero) is 2. The Kier molecular flexibility index (Phi) is 3.74. The molecule has 0 radical (unpaired) electrons. The molecular formula is C23H14N2O4. The predicted molar refractivity (Wildman–Crippen MR) is 106 cm³/mol. The van der Waals surface area contributed by atoms with Crippen LogP contribution in [0.1, 0.15) is 44.4 Å². The number of aromatic carboxylic acids is 1. The summed E-state index contributed by atoms with van der Waals surface area (Å²) in [5, 5.41) is 13.1. The van der Waals surface area contributed by atoms with Gasteiger partial charge in [0.05, 0.1) is 11.5 Å². The molecule has 1 unspecified atom stereocenters. The Hall–Kier alpha value is -3.93. The van der Waals surface area contributed by atoms with Gasteiger partial charge >= 0.3 is 5.97 Å². The Morgan fingerprint density at radius 1 is 0.897 bits per heavy atom. The second-order valence-corrected chi connectivity index (χ2v) is 7.05. The molecule has 0 spiro atoms. The fourth-order valence-corrected chi connectivity index (χ4v) is 4.06. The van der Waals surface area contributed by atoms with E-state index in [1.54, 1.807) is 6.07 Å². The third-order valence-corrected chi connectivity index (χ3v) is 5.43. The number of carbonyl (C=O) groups is 3. The third-order valence-electron chi connectivity index (χ3n) is 5.43. The van der Waals surface area contributed by atoms with Gasteiger partial charge in [0, 0.05) is 24.4 Å². The number of aromatic nitrogens is 2. The lowest BCUT2D eigenvalue weighted by Gasteiger charge is -2.25. The largest absolute Gasteiger partial charge is 0.478 e. The first-order chi connectivity index (χ1) is 14.0. The van der Waals surface area contributed by atoms with Crippen LogP contribution in [0.2, 0.25) is 0 Å². The highest BCUT2D eigenvalue weighted by atomic mass is 16.4. The summed E-state index contributed by atoms with van der Waals surface area (Å²) in [4.78, 5) is 44.4. The summed E-state index contributed by atoms with van der Waals surface area (Å²) in [7, 11) is 0. The topological polar surface area (TPSA) is 97.2 Å². The van der Waals surface area contributed by atoms with Crippen LogP contribution in [-0.2, 0) is 4.79 Å². The van der Waals surface area contributed by atoms with E-state index in [4.69, 9.17) is 5.11 Å². The smallest absolute Gasteiger partial charge is 0.338 e. The number of rotatable bonds is 2. The summed E-state index contributed by atoms with van der Waals surface area (Å²) in [6.45, 7) is 0. The lowest BCUT2D eigenvalue weighted by molar-refractivity contribution is -0.115. The van der Waals surface area contributed by atoms with E-state index in [0.29, 0.717) is 11.4 Å². The molecule has 0 fully saturated rings. The molecule has 140 valence electrons. The van der Waals surface area contributed by atoms with Crippen LogP contribution in [0, 0.1) is 0 Å². The molecule has 29 heavy (non-hydrogen) atoms. The van der Waals surface area contributed by atoms with Crippen LogP contribution in [0.3, 0.4) is 0 Å². The summed E-state index contributed by atoms with van der Waals surface area (Å²) >= 11 is 0. The van der Waals surface area contributed by atoms with Gasteiger partial charge < -0.3 is 5.11 Å². The molecule has 4 aromatic rings. The quantitative estimate of drug-likeness (QED) is 0.419. The molecule has 0 amide bonds. The van der Waals surface area contributed by atoms with Crippen LogP contribution in [0.5, 0.6) is 0 Å². The number of nitrogens with zero attached hydrogens (tertiary/aromatic N) is 2. The summed E-state index contributed by atoms with van der Waals surface area (Å²) < 4.78 is 0. The predicted octanol–water partition coefficient (Wildman–Crippen LogP) is 3.77. The lowest BCUT2D eigenvalue weighted by atomic mass is 9.77. The maximum absolute atomic E-state index is 12.6. The maximum atomic E-state index is 12.6. The minimum Gasteiger partial charge on any atom is -0.478 e. The maximum Gasteiger partial charge on any atom is 0.338 e. The fourth-order valence-electron chi connectivity index (χ4n) is 4.06. The average Bonchev–Trinajstić information content (AvgIpc) is 2.75. The molecule has 1 heterocycles. The van der Waals surface area contributed by atoms with Gasteiger partial charge in [0.25, 0.3) is 0 Å². The number of carboxylic acid groups (broad SMARTS) is 1. The first-order valence-electron chi connectivity index (χ1n) is 9.11. The molecule has 0 aliphatic heterocycles. The van der Waals surface area contributed by atoms with Gasteiger partial charge in [0.2, 0.25) is 11.6 Å². The van der Waals surface area contributed by atoms with E-state index in [2.05, 4.69) is 9.97 Å². The molecule has 0 saturated carbocycles. The van der Waals surface area contributed by atoms with Gasteiger partial charge in [0.15, 0.2) is 0 Å². The van der Waals surface area contributed by atoms with Crippen molar-refractivity contribution >= 4 is 39.1 Å². The minimum atomic E-state index is -1.12. The van der Waals surface area contributed by atoms with Gasteiger partial charge in [-0.3, -0.25) is 9.59 Å². The zero-order valence-corrected chi connectivity index (χ0v) is 15.1. The highest BCUT2D eigenvalue weighted by Crippen LogP contribution is 2.40. The van der Waals surface area contributed by atoms with Gasteiger partial charge in [-0.15, -0.1) is 0 Å². The number of hydrogen-bond donors (Lipinski definition) is 1. The molecule has 1 aromatic heterocycles. The Labute approximate surface area is 164 Å². The Morgan fingerprint density at radius 2 is 1.62 bits per heavy atom. The molecular weight excluding hydrogens is 368 g/mol. The van der Waals surface area contributed by atoms with Crippen molar-refractivity contribution in [3.05, 3.63) is 83.4 Å². The van der Waals surface area contributed by atoms with Crippen LogP contribution in [-0.4, -0.2) is 32.6 Å². The molecule has 0 bridgehead atoms. The van der Waals surface area contributed by atoms with E-state index in [9.17, 15) is 14.4 Å². The van der Waals surface area contributed by atoms with E-state index < -0.39 is 23.5 Å². The molecule has 6 heteroatoms. The SMILES string of the molecule is O=C1CC(c2ncc(C(=O)O)cn2)c2c(ccc3c2ccc2ccccc23)C1=O. The van der Waals surface area contributed by atoms with E-state index in [0.717, 1.165) is 27.1 Å². The highest BCUT2D eigenvalue weighted by molar-refractivity contribution is 6.45. The number of benzene rings is 3. The number of carboxylic acids is 1. The summed E-state index contributed by atoms with van der Waals surface area (Å²) in [5.41, 5.74) is 1.05. The van der Waals surface area contributed by atoms with Crippen molar-refractivity contribution in [2.45, 2.75) is 12.3 Å². The molecule has 1 aliphatic rings. The minimum absolute atomic E-state index is 0.0314. The monoisotopic (exact) mass is 382 g/mol. The van der Waals surface area contributed by atoms with E-state index in [1.165, 1.54) is 12.4 Å². The second kappa shape index (κ2) is 6.31. The molecule has 6 nitrogen and oxygen atoms in total. The van der Waals surface area contributed by atoms with Gasteiger partial charge in [-0.25, -0.2) is 14.8 Å². The number of fused-ring (bicyclic) bond motifs is 5. The van der Waals surface area contributed by atoms with Crippen molar-refractivity contribution in [2.24, 2.45) is 0 Å². The van der Waals surface area contributed by atoms with Gasteiger partial charge in [0.1, 0.15) is 5.82 Å². The van der Waals surface area contributed by atoms with Crippen LogP contribution >= 0.6 is 0 Å². The van der Waals surface area contributed by atoms with E-state index in [-0.39, 0.29) is 12.0 Å². The summed E-state index contributed by atoms with van der Waals surface area (Å²) in [6.07, 6.45) is 2.42. The van der Waals surface area contributed by atoms with Crippen LogP contribution in [0.15, 0.2) is 60.9 Å². The average molecular weight is 382 g/mol. The second-order valence-electron chi connectivity index (χ2n) is 7.05. The normalized spacial score (nSPS) is 16.2. The molecule has 3 aromatic carbocycles. The highest BCUT2D eigenvalue weighted by Gasteiger charge is 2.36. The lowest BCUT2D eigenvalue weighted by Crippen LogP contribution is -2.27. The molecule has 1 aliphatic carbocycles. The van der Waals surface area contributed by atoms with Crippen molar-refractivity contribution in [2.75, 3.05) is 0 Å². The van der Waals surface area contributed by atoms with Crippen molar-refractivity contribution in [1.82, 2.24) is 9.97 Å². The fraction of sp³-hybridized carbons (Fsp3) is 0.0870. The zero-order chi connectivity index (χ0) is 20.1. The van der Waals surface area contributed by atoms with Gasteiger partial charge in [-0.05, 0) is 33.2 Å². The van der Waals surface area contributed by atoms with Crippen molar-refractivity contribution in [3.63, 3.8) is 0 Å². The number of hydrogen-bond acceptors (Lipinski definition) is 5. The third kappa shape index (κ3) is 2.61. The molecule has 1 N–H and O–H groups in total. The van der Waals surface area contributed by atoms with Crippen LogP contribution in [0.25, 0.3) is 21.5 Å². The van der Waals surface area contributed by atoms with Crippen molar-refractivity contribution in [1.29, 1.82) is 0 Å². The number of ketones is 2. The standard InChI is InChI=1S/C23H14N2O4/c26-19-9-18(22-24-10-13(11-25-22)23(28)29)20-16-6-5-12-3-1-2-4-14(12)15(16)7-8-17(20)21(19)27/h1-8,10-11,18H,9H2,(H,28,29). The van der Waals surface area contributed by atoms with Crippen molar-refractivity contribution < 1.29 is 19.5 Å². The molecule has 1 atom stereocenters.